The van der Waals surface area contributed by atoms with Crippen LogP contribution in [0.1, 0.15) is 30.9 Å². The van der Waals surface area contributed by atoms with Gasteiger partial charge in [-0.1, -0.05) is 13.3 Å². The molecule has 0 aliphatic carbocycles. The first-order valence-corrected chi connectivity index (χ1v) is 5.85. The quantitative estimate of drug-likeness (QED) is 0.854. The molecule has 0 amide bonds. The van der Waals surface area contributed by atoms with Gasteiger partial charge in [0.1, 0.15) is 6.07 Å². The molecule has 0 fully saturated rings. The van der Waals surface area contributed by atoms with Gasteiger partial charge in [0.2, 0.25) is 0 Å². The molecule has 0 aliphatic heterocycles. The van der Waals surface area contributed by atoms with E-state index in [1.54, 1.807) is 6.07 Å². The number of fused-ring (bicyclic) bond motifs is 1. The fraction of sp³-hybridized carbons (Fsp3) is 0.308. The molecular formula is C13H13N3O2. The number of hydrogen-bond donors (Lipinski definition) is 2. The Morgan fingerprint density at radius 1 is 1.33 bits per heavy atom. The molecule has 18 heavy (non-hydrogen) atoms. The molecule has 0 bridgehead atoms. The van der Waals surface area contributed by atoms with Crippen molar-refractivity contribution in [3.8, 4) is 6.07 Å². The monoisotopic (exact) mass is 243 g/mol. The van der Waals surface area contributed by atoms with Gasteiger partial charge in [-0.05, 0) is 18.9 Å². The SMILES string of the molecule is CCCCc1cc2c(=O)[nH]cc(C#N)c2[nH]c1=O. The zero-order valence-electron chi connectivity index (χ0n) is 10.0. The normalized spacial score (nSPS) is 10.4. The van der Waals surface area contributed by atoms with Gasteiger partial charge in [0.15, 0.2) is 0 Å². The second-order valence-electron chi connectivity index (χ2n) is 4.16. The van der Waals surface area contributed by atoms with E-state index in [1.807, 2.05) is 13.0 Å². The average molecular weight is 243 g/mol. The van der Waals surface area contributed by atoms with Crippen LogP contribution in [0.15, 0.2) is 21.9 Å². The van der Waals surface area contributed by atoms with E-state index in [9.17, 15) is 9.59 Å². The molecule has 2 rings (SSSR count). The minimum atomic E-state index is -0.294. The van der Waals surface area contributed by atoms with Gasteiger partial charge >= 0.3 is 0 Å². The predicted octanol–water partition coefficient (Wildman–Crippen LogP) is 1.43. The molecule has 0 unspecified atom stereocenters. The van der Waals surface area contributed by atoms with Crippen LogP contribution < -0.4 is 11.1 Å². The molecule has 0 radical (unpaired) electrons. The molecule has 0 atom stereocenters. The molecule has 2 N–H and O–H groups in total. The Labute approximate surface area is 103 Å². The van der Waals surface area contributed by atoms with Crippen molar-refractivity contribution in [2.75, 3.05) is 0 Å². The smallest absolute Gasteiger partial charge is 0.257 e. The molecule has 0 aliphatic rings. The summed E-state index contributed by atoms with van der Waals surface area (Å²) in [4.78, 5) is 28.7. The van der Waals surface area contributed by atoms with E-state index in [0.29, 0.717) is 22.9 Å². The molecule has 0 spiro atoms. The van der Waals surface area contributed by atoms with Gasteiger partial charge < -0.3 is 9.97 Å². The van der Waals surface area contributed by atoms with Crippen LogP contribution in [0.2, 0.25) is 0 Å². The fourth-order valence-corrected chi connectivity index (χ4v) is 1.89. The van der Waals surface area contributed by atoms with E-state index in [1.165, 1.54) is 6.20 Å². The third-order valence-electron chi connectivity index (χ3n) is 2.90. The first kappa shape index (κ1) is 12.1. The molecule has 0 aromatic carbocycles. The second-order valence-corrected chi connectivity index (χ2v) is 4.16. The standard InChI is InChI=1S/C13H13N3O2/c1-2-3-4-8-5-10-11(16-12(8)17)9(6-14)7-15-13(10)18/h5,7H,2-4H2,1H3,(H,15,18)(H,16,17). The Morgan fingerprint density at radius 2 is 2.11 bits per heavy atom. The summed E-state index contributed by atoms with van der Waals surface area (Å²) in [7, 11) is 0. The molecule has 92 valence electrons. The van der Waals surface area contributed by atoms with Crippen LogP contribution in [0.3, 0.4) is 0 Å². The van der Waals surface area contributed by atoms with E-state index in [-0.39, 0.29) is 16.7 Å². The van der Waals surface area contributed by atoms with Crippen molar-refractivity contribution in [2.45, 2.75) is 26.2 Å². The first-order chi connectivity index (χ1) is 8.67. The number of aryl methyl sites for hydroxylation is 1. The number of unbranched alkanes of at least 4 members (excludes halogenated alkanes) is 1. The Hall–Kier alpha value is -2.35. The van der Waals surface area contributed by atoms with E-state index < -0.39 is 0 Å². The molecule has 0 saturated heterocycles. The lowest BCUT2D eigenvalue weighted by atomic mass is 10.1. The Kier molecular flexibility index (Phi) is 3.28. The van der Waals surface area contributed by atoms with Crippen molar-refractivity contribution in [3.63, 3.8) is 0 Å². The van der Waals surface area contributed by atoms with Crippen molar-refractivity contribution >= 4 is 10.9 Å². The van der Waals surface area contributed by atoms with E-state index in [2.05, 4.69) is 9.97 Å². The summed E-state index contributed by atoms with van der Waals surface area (Å²) in [5, 5.41) is 9.29. The van der Waals surface area contributed by atoms with Crippen molar-refractivity contribution in [3.05, 3.63) is 44.1 Å². The second kappa shape index (κ2) is 4.88. The molecule has 5 nitrogen and oxygen atoms in total. The largest absolute Gasteiger partial charge is 0.327 e. The van der Waals surface area contributed by atoms with Crippen LogP contribution in [0, 0.1) is 11.3 Å². The Morgan fingerprint density at radius 3 is 2.78 bits per heavy atom. The van der Waals surface area contributed by atoms with Gasteiger partial charge in [-0.3, -0.25) is 9.59 Å². The number of pyridine rings is 2. The highest BCUT2D eigenvalue weighted by molar-refractivity contribution is 5.83. The highest BCUT2D eigenvalue weighted by atomic mass is 16.1. The van der Waals surface area contributed by atoms with Crippen molar-refractivity contribution in [1.82, 2.24) is 9.97 Å². The summed E-state index contributed by atoms with van der Waals surface area (Å²) < 4.78 is 0. The van der Waals surface area contributed by atoms with Gasteiger partial charge in [0.25, 0.3) is 11.1 Å². The highest BCUT2D eigenvalue weighted by Gasteiger charge is 2.09. The number of aromatic amines is 2. The third kappa shape index (κ3) is 2.05. The number of nitrogens with zero attached hydrogens (tertiary/aromatic N) is 1. The Bertz CT molecular complexity index is 734. The summed E-state index contributed by atoms with van der Waals surface area (Å²) in [6.07, 6.45) is 3.82. The number of nitrogens with one attached hydrogen (secondary N) is 2. The lowest BCUT2D eigenvalue weighted by Gasteiger charge is -2.03. The summed E-state index contributed by atoms with van der Waals surface area (Å²) >= 11 is 0. The number of aromatic nitrogens is 2. The van der Waals surface area contributed by atoms with Gasteiger partial charge in [-0.15, -0.1) is 0 Å². The number of hydrogen-bond acceptors (Lipinski definition) is 3. The predicted molar refractivity (Wildman–Crippen MR) is 68.5 cm³/mol. The summed E-state index contributed by atoms with van der Waals surface area (Å²) in [6.45, 7) is 2.04. The number of nitriles is 1. The lowest BCUT2D eigenvalue weighted by molar-refractivity contribution is 0.788. The van der Waals surface area contributed by atoms with Crippen LogP contribution >= 0.6 is 0 Å². The summed E-state index contributed by atoms with van der Waals surface area (Å²) in [5.74, 6) is 0. The number of H-pyrrole nitrogens is 2. The molecule has 5 heteroatoms. The topological polar surface area (TPSA) is 89.5 Å². The minimum absolute atomic E-state index is 0.224. The third-order valence-corrected chi connectivity index (χ3v) is 2.90. The van der Waals surface area contributed by atoms with E-state index in [0.717, 1.165) is 12.8 Å². The maximum Gasteiger partial charge on any atom is 0.257 e. The first-order valence-electron chi connectivity index (χ1n) is 5.85. The molecular weight excluding hydrogens is 230 g/mol. The molecule has 0 saturated carbocycles. The molecule has 2 aromatic rings. The zero-order valence-corrected chi connectivity index (χ0v) is 10.0. The van der Waals surface area contributed by atoms with Crippen molar-refractivity contribution in [1.29, 1.82) is 5.26 Å². The summed E-state index contributed by atoms with van der Waals surface area (Å²) in [6, 6.07) is 3.53. The van der Waals surface area contributed by atoms with Crippen LogP contribution in [0.4, 0.5) is 0 Å². The van der Waals surface area contributed by atoms with Gasteiger partial charge in [-0.25, -0.2) is 0 Å². The fourth-order valence-electron chi connectivity index (χ4n) is 1.89. The van der Waals surface area contributed by atoms with Gasteiger partial charge in [0.05, 0.1) is 16.5 Å². The van der Waals surface area contributed by atoms with Crippen LogP contribution in [-0.2, 0) is 6.42 Å². The molecule has 2 heterocycles. The lowest BCUT2D eigenvalue weighted by Crippen LogP contribution is -2.17. The highest BCUT2D eigenvalue weighted by Crippen LogP contribution is 2.11. The van der Waals surface area contributed by atoms with Crippen LogP contribution in [0.25, 0.3) is 10.9 Å². The van der Waals surface area contributed by atoms with Crippen molar-refractivity contribution in [2.24, 2.45) is 0 Å². The maximum absolute atomic E-state index is 11.8. The van der Waals surface area contributed by atoms with Gasteiger partial charge in [0, 0.05) is 11.8 Å². The zero-order chi connectivity index (χ0) is 13.1. The van der Waals surface area contributed by atoms with Crippen molar-refractivity contribution < 1.29 is 0 Å². The van der Waals surface area contributed by atoms with E-state index in [4.69, 9.17) is 5.26 Å². The van der Waals surface area contributed by atoms with Crippen LogP contribution in [0.5, 0.6) is 0 Å². The maximum atomic E-state index is 11.8. The van der Waals surface area contributed by atoms with E-state index >= 15 is 0 Å². The summed E-state index contributed by atoms with van der Waals surface area (Å²) in [5.41, 5.74) is 0.649. The molecule has 2 aromatic heterocycles. The Balaban J connectivity index is 2.72. The van der Waals surface area contributed by atoms with Gasteiger partial charge in [-0.2, -0.15) is 5.26 Å². The van der Waals surface area contributed by atoms with Crippen LogP contribution in [-0.4, -0.2) is 9.97 Å². The number of rotatable bonds is 3. The average Bonchev–Trinajstić information content (AvgIpc) is 2.37. The minimum Gasteiger partial charge on any atom is -0.327 e.